The maximum atomic E-state index is 11.9. The molecule has 0 aromatic carbocycles. The molecule has 0 bridgehead atoms. The van der Waals surface area contributed by atoms with Crippen LogP contribution in [0.5, 0.6) is 0 Å². The van der Waals surface area contributed by atoms with E-state index in [9.17, 15) is 16.8 Å². The van der Waals surface area contributed by atoms with Gasteiger partial charge in [0.2, 0.25) is 10.0 Å². The molecule has 1 N–H and O–H groups in total. The SMILES string of the molecule is CCS(=O)(=O)N1CCC[C@H](c2[nH]ncc2S(C)(=O)=O)C1. The molecule has 1 aromatic rings. The monoisotopic (exact) mass is 321 g/mol. The Balaban J connectivity index is 2.29. The van der Waals surface area contributed by atoms with E-state index in [0.717, 1.165) is 12.7 Å². The van der Waals surface area contributed by atoms with Crippen LogP contribution in [0.3, 0.4) is 0 Å². The molecule has 0 unspecified atom stereocenters. The van der Waals surface area contributed by atoms with E-state index >= 15 is 0 Å². The first kappa shape index (κ1) is 15.5. The van der Waals surface area contributed by atoms with Gasteiger partial charge in [0.05, 0.1) is 17.6 Å². The molecule has 20 heavy (non-hydrogen) atoms. The second kappa shape index (κ2) is 5.45. The average Bonchev–Trinajstić information content (AvgIpc) is 2.88. The smallest absolute Gasteiger partial charge is 0.213 e. The molecule has 0 aliphatic carbocycles. The molecule has 1 saturated heterocycles. The van der Waals surface area contributed by atoms with Gasteiger partial charge in [-0.05, 0) is 19.8 Å². The fourth-order valence-corrected chi connectivity index (χ4v) is 4.52. The predicted molar refractivity (Wildman–Crippen MR) is 74.7 cm³/mol. The number of hydrogen-bond acceptors (Lipinski definition) is 5. The van der Waals surface area contributed by atoms with Gasteiger partial charge < -0.3 is 0 Å². The zero-order valence-electron chi connectivity index (χ0n) is 11.5. The van der Waals surface area contributed by atoms with Crippen molar-refractivity contribution < 1.29 is 16.8 Å². The number of piperidine rings is 1. The first-order valence-corrected chi connectivity index (χ1v) is 9.97. The van der Waals surface area contributed by atoms with E-state index < -0.39 is 19.9 Å². The minimum atomic E-state index is -3.36. The van der Waals surface area contributed by atoms with Crippen LogP contribution < -0.4 is 0 Å². The van der Waals surface area contributed by atoms with Crippen LogP contribution in [0, 0.1) is 0 Å². The second-order valence-electron chi connectivity index (χ2n) is 5.02. The molecule has 2 rings (SSSR count). The largest absolute Gasteiger partial charge is 0.281 e. The molecule has 0 amide bonds. The van der Waals surface area contributed by atoms with Gasteiger partial charge in [0.15, 0.2) is 9.84 Å². The van der Waals surface area contributed by atoms with Crippen molar-refractivity contribution in [3.05, 3.63) is 11.9 Å². The summed E-state index contributed by atoms with van der Waals surface area (Å²) in [6.45, 7) is 2.41. The number of sulfonamides is 1. The highest BCUT2D eigenvalue weighted by molar-refractivity contribution is 7.90. The molecule has 1 aliphatic heterocycles. The van der Waals surface area contributed by atoms with E-state index in [2.05, 4.69) is 10.2 Å². The maximum Gasteiger partial charge on any atom is 0.213 e. The molecule has 7 nitrogen and oxygen atoms in total. The van der Waals surface area contributed by atoms with Crippen LogP contribution in [-0.2, 0) is 19.9 Å². The predicted octanol–water partition coefficient (Wildman–Crippen LogP) is 0.342. The highest BCUT2D eigenvalue weighted by Crippen LogP contribution is 2.30. The molecule has 0 spiro atoms. The lowest BCUT2D eigenvalue weighted by atomic mass is 9.96. The number of aromatic amines is 1. The standard InChI is InChI=1S/C11H19N3O4S2/c1-3-20(17,18)14-6-4-5-9(8-14)11-10(7-12-13-11)19(2,15)16/h7,9H,3-6,8H2,1-2H3,(H,12,13)/t9-/m0/s1. The summed E-state index contributed by atoms with van der Waals surface area (Å²) in [6.07, 6.45) is 3.88. The van der Waals surface area contributed by atoms with Gasteiger partial charge in [-0.25, -0.2) is 21.1 Å². The van der Waals surface area contributed by atoms with E-state index in [1.54, 1.807) is 6.92 Å². The van der Waals surface area contributed by atoms with Crippen LogP contribution >= 0.6 is 0 Å². The molecule has 2 heterocycles. The van der Waals surface area contributed by atoms with Crippen LogP contribution in [-0.4, -0.2) is 56.4 Å². The fourth-order valence-electron chi connectivity index (χ4n) is 2.49. The van der Waals surface area contributed by atoms with Gasteiger partial charge in [0.1, 0.15) is 4.90 Å². The van der Waals surface area contributed by atoms with Crippen LogP contribution in [0.1, 0.15) is 31.4 Å². The average molecular weight is 321 g/mol. The zero-order valence-corrected chi connectivity index (χ0v) is 13.2. The minimum absolute atomic E-state index is 0.0572. The van der Waals surface area contributed by atoms with Gasteiger partial charge >= 0.3 is 0 Å². The van der Waals surface area contributed by atoms with Crippen molar-refractivity contribution in [2.75, 3.05) is 25.1 Å². The topological polar surface area (TPSA) is 100 Å². The summed E-state index contributed by atoms with van der Waals surface area (Å²) in [4.78, 5) is 0.165. The van der Waals surface area contributed by atoms with Crippen molar-refractivity contribution in [2.24, 2.45) is 0 Å². The summed E-state index contributed by atoms with van der Waals surface area (Å²) in [5.74, 6) is -0.0981. The number of rotatable bonds is 4. The van der Waals surface area contributed by atoms with Crippen molar-refractivity contribution >= 4 is 19.9 Å². The first-order valence-electron chi connectivity index (χ1n) is 6.47. The summed E-state index contributed by atoms with van der Waals surface area (Å²) in [7, 11) is -6.60. The zero-order chi connectivity index (χ0) is 15.0. The van der Waals surface area contributed by atoms with Crippen molar-refractivity contribution in [1.29, 1.82) is 0 Å². The molecule has 1 atom stereocenters. The fraction of sp³-hybridized carbons (Fsp3) is 0.727. The third-order valence-corrected chi connectivity index (χ3v) is 6.55. The number of nitrogens with zero attached hydrogens (tertiary/aromatic N) is 2. The van der Waals surface area contributed by atoms with E-state index in [4.69, 9.17) is 0 Å². The number of hydrogen-bond donors (Lipinski definition) is 1. The van der Waals surface area contributed by atoms with Crippen molar-refractivity contribution in [1.82, 2.24) is 14.5 Å². The third-order valence-electron chi connectivity index (χ3n) is 3.58. The number of H-pyrrole nitrogens is 1. The summed E-state index contributed by atoms with van der Waals surface area (Å²) in [6, 6.07) is 0. The van der Waals surface area contributed by atoms with Crippen LogP contribution in [0.2, 0.25) is 0 Å². The molecule has 0 radical (unpaired) electrons. The lowest BCUT2D eigenvalue weighted by Gasteiger charge is -2.31. The van der Waals surface area contributed by atoms with Gasteiger partial charge in [0.25, 0.3) is 0 Å². The van der Waals surface area contributed by atoms with Gasteiger partial charge in [-0.15, -0.1) is 0 Å². The van der Waals surface area contributed by atoms with E-state index in [-0.39, 0.29) is 16.6 Å². The van der Waals surface area contributed by atoms with Crippen molar-refractivity contribution in [2.45, 2.75) is 30.6 Å². The maximum absolute atomic E-state index is 11.9. The van der Waals surface area contributed by atoms with Gasteiger partial charge in [-0.2, -0.15) is 5.10 Å². The highest BCUT2D eigenvalue weighted by Gasteiger charge is 2.31. The molecule has 1 fully saturated rings. The second-order valence-corrected chi connectivity index (χ2v) is 9.26. The highest BCUT2D eigenvalue weighted by atomic mass is 32.2. The van der Waals surface area contributed by atoms with Gasteiger partial charge in [-0.3, -0.25) is 5.10 Å². The molecule has 0 saturated carbocycles. The molecule has 1 aliphatic rings. The Morgan fingerprint density at radius 1 is 1.40 bits per heavy atom. The molecular formula is C11H19N3O4S2. The molecular weight excluding hydrogens is 302 g/mol. The summed E-state index contributed by atoms with van der Waals surface area (Å²) in [5.41, 5.74) is 0.517. The van der Waals surface area contributed by atoms with Crippen molar-refractivity contribution in [3.8, 4) is 0 Å². The Labute approximate surface area is 119 Å². The Bertz CT molecular complexity index is 678. The Kier molecular flexibility index (Phi) is 4.22. The Hall–Kier alpha value is -0.930. The number of nitrogens with one attached hydrogen (secondary N) is 1. The van der Waals surface area contributed by atoms with E-state index in [1.807, 2.05) is 0 Å². The van der Waals surface area contributed by atoms with E-state index in [1.165, 1.54) is 10.5 Å². The minimum Gasteiger partial charge on any atom is -0.281 e. The first-order chi connectivity index (χ1) is 9.25. The molecule has 1 aromatic heterocycles. The quantitative estimate of drug-likeness (QED) is 0.862. The third kappa shape index (κ3) is 3.04. The summed E-state index contributed by atoms with van der Waals surface area (Å²) < 4.78 is 48.7. The lowest BCUT2D eigenvalue weighted by molar-refractivity contribution is 0.311. The Morgan fingerprint density at radius 3 is 2.70 bits per heavy atom. The summed E-state index contributed by atoms with van der Waals surface area (Å²) in [5, 5.41) is 6.52. The molecule has 9 heteroatoms. The number of sulfone groups is 1. The molecule has 114 valence electrons. The number of aromatic nitrogens is 2. The van der Waals surface area contributed by atoms with Crippen LogP contribution in [0.15, 0.2) is 11.1 Å². The lowest BCUT2D eigenvalue weighted by Crippen LogP contribution is -2.40. The van der Waals surface area contributed by atoms with E-state index in [0.29, 0.717) is 25.2 Å². The van der Waals surface area contributed by atoms with Gasteiger partial charge in [0, 0.05) is 25.3 Å². The van der Waals surface area contributed by atoms with Crippen LogP contribution in [0.25, 0.3) is 0 Å². The van der Waals surface area contributed by atoms with Crippen molar-refractivity contribution in [3.63, 3.8) is 0 Å². The van der Waals surface area contributed by atoms with Crippen LogP contribution in [0.4, 0.5) is 0 Å². The van der Waals surface area contributed by atoms with Gasteiger partial charge in [-0.1, -0.05) is 0 Å². The Morgan fingerprint density at radius 2 is 2.10 bits per heavy atom. The normalized spacial score (nSPS) is 22.0. The summed E-state index contributed by atoms with van der Waals surface area (Å²) >= 11 is 0.